The van der Waals surface area contributed by atoms with E-state index >= 15 is 0 Å². The molecule has 1 atom stereocenters. The molecule has 1 heterocycles. The number of carbonyl (C=O) groups excluding carboxylic acids is 2. The maximum Gasteiger partial charge on any atom is 0.420 e. The molecular formula is C22H19F6N5O3. The van der Waals surface area contributed by atoms with Crippen molar-refractivity contribution in [1.29, 1.82) is 0 Å². The number of benzene rings is 2. The van der Waals surface area contributed by atoms with Crippen molar-refractivity contribution in [3.8, 4) is 5.69 Å². The lowest BCUT2D eigenvalue weighted by atomic mass is 10.0. The van der Waals surface area contributed by atoms with Crippen LogP contribution in [0.5, 0.6) is 0 Å². The predicted molar refractivity (Wildman–Crippen MR) is 115 cm³/mol. The van der Waals surface area contributed by atoms with Crippen LogP contribution in [-0.2, 0) is 0 Å². The second kappa shape index (κ2) is 9.89. The SMILES string of the molecule is CN(CC(O)(CNC(=O)c1cc(N)n(-c2ccc(F)cc2)n1)C(F)(F)F)C(=O)c1c(F)cccc1F. The highest BCUT2D eigenvalue weighted by Gasteiger charge is 2.55. The summed E-state index contributed by atoms with van der Waals surface area (Å²) >= 11 is 0. The van der Waals surface area contributed by atoms with E-state index < -0.39 is 65.4 Å². The maximum absolute atomic E-state index is 13.9. The number of aliphatic hydroxyl groups is 1. The first kappa shape index (κ1) is 26.5. The van der Waals surface area contributed by atoms with Gasteiger partial charge in [-0.25, -0.2) is 17.9 Å². The number of hydrogen-bond acceptors (Lipinski definition) is 5. The summed E-state index contributed by atoms with van der Waals surface area (Å²) in [5.74, 6) is -5.84. The number of nitrogens with two attached hydrogens (primary N) is 1. The molecule has 0 aliphatic carbocycles. The lowest BCUT2D eigenvalue weighted by Gasteiger charge is -2.34. The second-order valence-corrected chi connectivity index (χ2v) is 7.81. The lowest BCUT2D eigenvalue weighted by Crippen LogP contribution is -2.60. The number of rotatable bonds is 7. The molecule has 192 valence electrons. The molecule has 3 rings (SSSR count). The summed E-state index contributed by atoms with van der Waals surface area (Å²) in [5.41, 5.74) is 0.822. The van der Waals surface area contributed by atoms with E-state index in [0.717, 1.165) is 48.1 Å². The summed E-state index contributed by atoms with van der Waals surface area (Å²) < 4.78 is 83.0. The number of nitrogens with zero attached hydrogens (tertiary/aromatic N) is 3. The number of halogens is 6. The van der Waals surface area contributed by atoms with E-state index in [0.29, 0.717) is 0 Å². The highest BCUT2D eigenvalue weighted by molar-refractivity contribution is 5.95. The first-order valence-corrected chi connectivity index (χ1v) is 10.1. The third kappa shape index (κ3) is 5.43. The Hall–Kier alpha value is -4.07. The van der Waals surface area contributed by atoms with Crippen molar-refractivity contribution >= 4 is 17.6 Å². The molecule has 0 bridgehead atoms. The Morgan fingerprint density at radius 2 is 1.67 bits per heavy atom. The van der Waals surface area contributed by atoms with Crippen LogP contribution in [0.3, 0.4) is 0 Å². The van der Waals surface area contributed by atoms with Crippen LogP contribution in [0, 0.1) is 17.5 Å². The molecule has 0 radical (unpaired) electrons. The van der Waals surface area contributed by atoms with Gasteiger partial charge in [0.15, 0.2) is 11.3 Å². The average molecular weight is 515 g/mol. The number of carbonyl (C=O) groups is 2. The molecule has 8 nitrogen and oxygen atoms in total. The molecule has 1 unspecified atom stereocenters. The normalized spacial score (nSPS) is 13.2. The van der Waals surface area contributed by atoms with Crippen LogP contribution in [0.4, 0.5) is 32.2 Å². The lowest BCUT2D eigenvalue weighted by molar-refractivity contribution is -0.259. The molecule has 2 aromatic carbocycles. The number of nitrogen functional groups attached to an aromatic ring is 1. The minimum absolute atomic E-state index is 0.0879. The molecule has 0 spiro atoms. The van der Waals surface area contributed by atoms with Crippen LogP contribution >= 0.6 is 0 Å². The third-order valence-corrected chi connectivity index (χ3v) is 5.13. The van der Waals surface area contributed by atoms with Crippen LogP contribution in [0.1, 0.15) is 20.8 Å². The fraction of sp³-hybridized carbons (Fsp3) is 0.227. The van der Waals surface area contributed by atoms with E-state index in [9.17, 15) is 41.0 Å². The van der Waals surface area contributed by atoms with Crippen molar-refractivity contribution in [1.82, 2.24) is 20.0 Å². The van der Waals surface area contributed by atoms with E-state index in [1.54, 1.807) is 0 Å². The van der Waals surface area contributed by atoms with Gasteiger partial charge >= 0.3 is 6.18 Å². The number of amides is 2. The van der Waals surface area contributed by atoms with Crippen molar-refractivity contribution in [3.63, 3.8) is 0 Å². The Bertz CT molecular complexity index is 1260. The van der Waals surface area contributed by atoms with Crippen LogP contribution in [0.2, 0.25) is 0 Å². The van der Waals surface area contributed by atoms with E-state index in [-0.39, 0.29) is 16.4 Å². The smallest absolute Gasteiger partial charge is 0.384 e. The van der Waals surface area contributed by atoms with Gasteiger partial charge in [0.25, 0.3) is 11.8 Å². The van der Waals surface area contributed by atoms with E-state index in [1.807, 2.05) is 5.32 Å². The van der Waals surface area contributed by atoms with Gasteiger partial charge in [0, 0.05) is 13.1 Å². The molecule has 0 saturated carbocycles. The van der Waals surface area contributed by atoms with Gasteiger partial charge in [0.1, 0.15) is 28.8 Å². The van der Waals surface area contributed by atoms with Crippen LogP contribution in [0.25, 0.3) is 5.69 Å². The molecule has 3 aromatic rings. The predicted octanol–water partition coefficient (Wildman–Crippen LogP) is 2.67. The average Bonchev–Trinajstić information content (AvgIpc) is 3.18. The number of aromatic nitrogens is 2. The van der Waals surface area contributed by atoms with E-state index in [4.69, 9.17) is 5.73 Å². The number of alkyl halides is 3. The van der Waals surface area contributed by atoms with Gasteiger partial charge in [-0.15, -0.1) is 0 Å². The van der Waals surface area contributed by atoms with Gasteiger partial charge in [0.05, 0.1) is 18.8 Å². The minimum Gasteiger partial charge on any atom is -0.384 e. The molecule has 4 N–H and O–H groups in total. The highest BCUT2D eigenvalue weighted by atomic mass is 19.4. The molecule has 2 amide bonds. The zero-order valence-electron chi connectivity index (χ0n) is 18.5. The number of likely N-dealkylation sites (N-methyl/N-ethyl adjacent to an activating group) is 1. The Kier molecular flexibility index (Phi) is 7.29. The van der Waals surface area contributed by atoms with Gasteiger partial charge in [-0.05, 0) is 36.4 Å². The largest absolute Gasteiger partial charge is 0.420 e. The molecule has 1 aromatic heterocycles. The van der Waals surface area contributed by atoms with E-state index in [2.05, 4.69) is 5.10 Å². The maximum atomic E-state index is 13.9. The van der Waals surface area contributed by atoms with E-state index in [1.165, 1.54) is 12.1 Å². The van der Waals surface area contributed by atoms with Gasteiger partial charge in [-0.3, -0.25) is 9.59 Å². The Morgan fingerprint density at radius 1 is 1.08 bits per heavy atom. The van der Waals surface area contributed by atoms with Gasteiger partial charge in [-0.2, -0.15) is 18.3 Å². The monoisotopic (exact) mass is 515 g/mol. The van der Waals surface area contributed by atoms with Crippen molar-refractivity contribution in [2.45, 2.75) is 11.8 Å². The Morgan fingerprint density at radius 3 is 2.22 bits per heavy atom. The zero-order chi connectivity index (χ0) is 26.8. The van der Waals surface area contributed by atoms with Crippen molar-refractivity contribution in [2.75, 3.05) is 25.9 Å². The van der Waals surface area contributed by atoms with Crippen LogP contribution in [-0.4, -0.2) is 63.5 Å². The summed E-state index contributed by atoms with van der Waals surface area (Å²) in [6.45, 7) is -2.90. The summed E-state index contributed by atoms with van der Waals surface area (Å²) in [4.78, 5) is 25.1. The molecule has 0 aliphatic heterocycles. The zero-order valence-corrected chi connectivity index (χ0v) is 18.5. The molecule has 36 heavy (non-hydrogen) atoms. The minimum atomic E-state index is -5.37. The third-order valence-electron chi connectivity index (χ3n) is 5.13. The van der Waals surface area contributed by atoms with Crippen molar-refractivity contribution in [2.24, 2.45) is 0 Å². The fourth-order valence-electron chi connectivity index (χ4n) is 3.22. The first-order valence-electron chi connectivity index (χ1n) is 10.1. The molecular weight excluding hydrogens is 496 g/mol. The number of anilines is 1. The van der Waals surface area contributed by atoms with Crippen LogP contribution < -0.4 is 11.1 Å². The van der Waals surface area contributed by atoms with Crippen LogP contribution in [0.15, 0.2) is 48.5 Å². The summed E-state index contributed by atoms with van der Waals surface area (Å²) in [6, 6.07) is 8.31. The molecule has 0 fully saturated rings. The number of hydrogen-bond donors (Lipinski definition) is 3. The molecule has 14 heteroatoms. The summed E-state index contributed by atoms with van der Waals surface area (Å²) in [7, 11) is 0.803. The second-order valence-electron chi connectivity index (χ2n) is 7.81. The Balaban J connectivity index is 1.77. The molecule has 0 saturated heterocycles. The summed E-state index contributed by atoms with van der Waals surface area (Å²) in [6.07, 6.45) is -5.37. The highest BCUT2D eigenvalue weighted by Crippen LogP contribution is 2.31. The Labute approximate surface area is 199 Å². The topological polar surface area (TPSA) is 113 Å². The van der Waals surface area contributed by atoms with Gasteiger partial charge in [-0.1, -0.05) is 6.07 Å². The summed E-state index contributed by atoms with van der Waals surface area (Å²) in [5, 5.41) is 16.0. The van der Waals surface area contributed by atoms with Gasteiger partial charge < -0.3 is 21.1 Å². The number of nitrogens with one attached hydrogen (secondary N) is 1. The molecule has 0 aliphatic rings. The van der Waals surface area contributed by atoms with Crippen molar-refractivity contribution < 1.29 is 41.0 Å². The first-order chi connectivity index (χ1) is 16.7. The van der Waals surface area contributed by atoms with Gasteiger partial charge in [0.2, 0.25) is 0 Å². The fourth-order valence-corrected chi connectivity index (χ4v) is 3.22. The quantitative estimate of drug-likeness (QED) is 0.419. The van der Waals surface area contributed by atoms with Crippen molar-refractivity contribution in [3.05, 3.63) is 77.2 Å². The standard InChI is InChI=1S/C22H19F6N5O3/c1-32(20(35)18-14(24)3-2-4-15(18)25)11-21(36,22(26,27)28)10-30-19(34)16-9-17(29)33(31-16)13-7-5-12(23)6-8-13/h2-9,36H,10-11,29H2,1H3,(H,30,34).